The van der Waals surface area contributed by atoms with Crippen molar-refractivity contribution in [3.05, 3.63) is 50.0 Å². The highest BCUT2D eigenvalue weighted by atomic mass is 32.2. The number of rotatable bonds is 4. The van der Waals surface area contributed by atoms with Crippen molar-refractivity contribution in [3.63, 3.8) is 0 Å². The molecule has 0 bridgehead atoms. The quantitative estimate of drug-likeness (QED) is 0.688. The Hall–Kier alpha value is -2.00. The molecule has 1 aromatic carbocycles. The molecule has 0 unspecified atom stereocenters. The average molecular weight is 330 g/mol. The Morgan fingerprint density at radius 3 is 2.57 bits per heavy atom. The molecule has 21 heavy (non-hydrogen) atoms. The van der Waals surface area contributed by atoms with Crippen LogP contribution in [0.4, 0.5) is 15.8 Å². The van der Waals surface area contributed by atoms with Gasteiger partial charge in [-0.25, -0.2) is 8.42 Å². The fraction of sp³-hybridized carbons (Fsp3) is 0.167. The number of hydrogen-bond acceptors (Lipinski definition) is 5. The monoisotopic (exact) mass is 330 g/mol. The maximum absolute atomic E-state index is 13.7. The molecule has 0 amide bonds. The van der Waals surface area contributed by atoms with E-state index in [-0.39, 0.29) is 16.0 Å². The third-order valence-corrected chi connectivity index (χ3v) is 5.20. The van der Waals surface area contributed by atoms with Gasteiger partial charge in [0.2, 0.25) is 5.82 Å². The van der Waals surface area contributed by atoms with E-state index in [4.69, 9.17) is 0 Å². The number of thiophene rings is 1. The van der Waals surface area contributed by atoms with E-state index in [9.17, 15) is 22.9 Å². The van der Waals surface area contributed by atoms with Gasteiger partial charge in [0.25, 0.3) is 10.0 Å². The molecule has 112 valence electrons. The van der Waals surface area contributed by atoms with E-state index >= 15 is 0 Å². The Labute approximate surface area is 124 Å². The molecule has 0 saturated heterocycles. The maximum Gasteiger partial charge on any atom is 0.309 e. The Bertz CT molecular complexity index is 801. The predicted octanol–water partition coefficient (Wildman–Crippen LogP) is 3.21. The number of nitro benzene ring substituents is 1. The van der Waals surface area contributed by atoms with Gasteiger partial charge in [-0.1, -0.05) is 0 Å². The van der Waals surface area contributed by atoms with E-state index in [0.29, 0.717) is 5.69 Å². The standard InChI is InChI=1S/C12H11FN2O4S2/c1-7-5-10(13)11(15(16)17)8(2)12(7)21(18,19)14-9-3-4-20-6-9/h3-6,14H,1-2H3. The number of aryl methyl sites for hydroxylation is 1. The number of hydrogen-bond donors (Lipinski definition) is 1. The largest absolute Gasteiger partial charge is 0.309 e. The maximum atomic E-state index is 13.7. The summed E-state index contributed by atoms with van der Waals surface area (Å²) in [5.74, 6) is -1.05. The molecule has 6 nitrogen and oxygen atoms in total. The molecule has 0 fully saturated rings. The Balaban J connectivity index is 2.63. The minimum absolute atomic E-state index is 0.110. The van der Waals surface area contributed by atoms with Gasteiger partial charge in [-0.3, -0.25) is 14.8 Å². The number of halogens is 1. The number of sulfonamides is 1. The molecule has 0 spiro atoms. The normalized spacial score (nSPS) is 11.4. The van der Waals surface area contributed by atoms with E-state index in [0.717, 1.165) is 6.07 Å². The summed E-state index contributed by atoms with van der Waals surface area (Å²) in [6.45, 7) is 2.61. The third-order valence-electron chi connectivity index (χ3n) is 2.85. The minimum atomic E-state index is -4.03. The first-order valence-corrected chi connectivity index (χ1v) is 8.15. The molecule has 2 rings (SSSR count). The average Bonchev–Trinajstić information content (AvgIpc) is 2.78. The van der Waals surface area contributed by atoms with Crippen molar-refractivity contribution in [1.82, 2.24) is 0 Å². The van der Waals surface area contributed by atoms with Gasteiger partial charge in [-0.15, -0.1) is 0 Å². The zero-order valence-corrected chi connectivity index (χ0v) is 12.7. The van der Waals surface area contributed by atoms with Crippen molar-refractivity contribution >= 4 is 32.7 Å². The van der Waals surface area contributed by atoms with E-state index in [1.165, 1.54) is 25.2 Å². The Morgan fingerprint density at radius 1 is 1.38 bits per heavy atom. The highest BCUT2D eigenvalue weighted by Gasteiger charge is 2.29. The van der Waals surface area contributed by atoms with Crippen molar-refractivity contribution in [1.29, 1.82) is 0 Å². The summed E-state index contributed by atoms with van der Waals surface area (Å²) >= 11 is 1.30. The van der Waals surface area contributed by atoms with Gasteiger partial charge in [-0.2, -0.15) is 15.7 Å². The van der Waals surface area contributed by atoms with Gasteiger partial charge in [0.15, 0.2) is 0 Å². The second kappa shape index (κ2) is 5.41. The predicted molar refractivity (Wildman–Crippen MR) is 77.7 cm³/mol. The third kappa shape index (κ3) is 2.88. The molecule has 0 radical (unpaired) electrons. The first-order valence-electron chi connectivity index (χ1n) is 5.73. The van der Waals surface area contributed by atoms with Crippen LogP contribution in [0.25, 0.3) is 0 Å². The van der Waals surface area contributed by atoms with E-state index < -0.39 is 26.5 Å². The molecule has 0 atom stereocenters. The molecule has 1 aromatic heterocycles. The van der Waals surface area contributed by atoms with Crippen LogP contribution in [-0.4, -0.2) is 13.3 Å². The number of benzene rings is 1. The van der Waals surface area contributed by atoms with Crippen LogP contribution >= 0.6 is 11.3 Å². The lowest BCUT2D eigenvalue weighted by Gasteiger charge is -2.12. The van der Waals surface area contributed by atoms with Crippen LogP contribution in [0.2, 0.25) is 0 Å². The highest BCUT2D eigenvalue weighted by molar-refractivity contribution is 7.92. The number of nitro groups is 1. The number of nitrogens with zero attached hydrogens (tertiary/aromatic N) is 1. The molecule has 1 N–H and O–H groups in total. The van der Waals surface area contributed by atoms with Crippen LogP contribution in [0, 0.1) is 29.8 Å². The summed E-state index contributed by atoms with van der Waals surface area (Å²) in [5, 5.41) is 14.2. The van der Waals surface area contributed by atoms with Gasteiger partial charge in [0.05, 0.1) is 16.2 Å². The fourth-order valence-electron chi connectivity index (χ4n) is 2.07. The first kappa shape index (κ1) is 15.4. The lowest BCUT2D eigenvalue weighted by Crippen LogP contribution is -2.16. The summed E-state index contributed by atoms with van der Waals surface area (Å²) in [7, 11) is -4.03. The lowest BCUT2D eigenvalue weighted by molar-refractivity contribution is -0.388. The van der Waals surface area contributed by atoms with Gasteiger partial charge in [-0.05, 0) is 36.9 Å². The summed E-state index contributed by atoms with van der Waals surface area (Å²) < 4.78 is 40.7. The molecule has 0 aliphatic rings. The first-order chi connectivity index (χ1) is 9.74. The smallest absolute Gasteiger partial charge is 0.279 e. The minimum Gasteiger partial charge on any atom is -0.279 e. The molecule has 9 heteroatoms. The fourth-order valence-corrected chi connectivity index (χ4v) is 4.26. The van der Waals surface area contributed by atoms with Crippen LogP contribution in [-0.2, 0) is 10.0 Å². The number of nitrogens with one attached hydrogen (secondary N) is 1. The molecule has 0 saturated carbocycles. The number of anilines is 1. The van der Waals surface area contributed by atoms with Crippen molar-refractivity contribution in [3.8, 4) is 0 Å². The van der Waals surface area contributed by atoms with Crippen LogP contribution in [0.15, 0.2) is 27.8 Å². The zero-order chi connectivity index (χ0) is 15.8. The van der Waals surface area contributed by atoms with Crippen molar-refractivity contribution in [2.75, 3.05) is 4.72 Å². The SMILES string of the molecule is Cc1cc(F)c([N+](=O)[O-])c(C)c1S(=O)(=O)Nc1ccsc1. The molecule has 2 aromatic rings. The van der Waals surface area contributed by atoms with Crippen LogP contribution in [0.1, 0.15) is 11.1 Å². The molecular weight excluding hydrogens is 319 g/mol. The van der Waals surface area contributed by atoms with Crippen molar-refractivity contribution in [2.45, 2.75) is 18.7 Å². The van der Waals surface area contributed by atoms with Crippen molar-refractivity contribution in [2.24, 2.45) is 0 Å². The second-order valence-electron chi connectivity index (χ2n) is 4.35. The summed E-state index contributed by atoms with van der Waals surface area (Å²) in [6, 6.07) is 2.41. The topological polar surface area (TPSA) is 89.3 Å². The van der Waals surface area contributed by atoms with Crippen molar-refractivity contribution < 1.29 is 17.7 Å². The van der Waals surface area contributed by atoms with Crippen LogP contribution in [0.5, 0.6) is 0 Å². The van der Waals surface area contributed by atoms with E-state index in [2.05, 4.69) is 4.72 Å². The molecular formula is C12H11FN2O4S2. The summed E-state index contributed by atoms with van der Waals surface area (Å²) in [4.78, 5) is 9.70. The van der Waals surface area contributed by atoms with Crippen LogP contribution in [0.3, 0.4) is 0 Å². The molecule has 1 heterocycles. The van der Waals surface area contributed by atoms with Gasteiger partial charge in [0.1, 0.15) is 4.90 Å². The molecule has 0 aliphatic carbocycles. The zero-order valence-electron chi connectivity index (χ0n) is 11.1. The Kier molecular flexibility index (Phi) is 3.97. The lowest BCUT2D eigenvalue weighted by atomic mass is 10.1. The summed E-state index contributed by atoms with van der Waals surface area (Å²) in [6.07, 6.45) is 0. The van der Waals surface area contributed by atoms with E-state index in [1.807, 2.05) is 0 Å². The van der Waals surface area contributed by atoms with E-state index in [1.54, 1.807) is 16.8 Å². The Morgan fingerprint density at radius 2 is 2.05 bits per heavy atom. The summed E-state index contributed by atoms with van der Waals surface area (Å²) in [5.41, 5.74) is -0.587. The second-order valence-corrected chi connectivity index (χ2v) is 6.75. The van der Waals surface area contributed by atoms with Gasteiger partial charge >= 0.3 is 5.69 Å². The van der Waals surface area contributed by atoms with Gasteiger partial charge < -0.3 is 0 Å². The molecule has 0 aliphatic heterocycles. The van der Waals surface area contributed by atoms with Crippen LogP contribution < -0.4 is 4.72 Å². The van der Waals surface area contributed by atoms with Gasteiger partial charge in [0, 0.05) is 5.38 Å². The highest BCUT2D eigenvalue weighted by Crippen LogP contribution is 2.32.